The van der Waals surface area contributed by atoms with Crippen LogP contribution in [0.5, 0.6) is 5.75 Å². The van der Waals surface area contributed by atoms with Gasteiger partial charge in [-0.15, -0.1) is 6.42 Å². The fraction of sp³-hybridized carbons (Fsp3) is 0.250. The minimum Gasteiger partial charge on any atom is -0.508 e. The predicted molar refractivity (Wildman–Crippen MR) is 134 cm³/mol. The number of fused-ring (bicyclic) bond motifs is 4. The van der Waals surface area contributed by atoms with Crippen LogP contribution in [0.1, 0.15) is 29.7 Å². The van der Waals surface area contributed by atoms with E-state index in [4.69, 9.17) is 11.4 Å². The maximum atomic E-state index is 16.4. The molecule has 2 unspecified atom stereocenters. The normalized spacial score (nSPS) is 19.0. The maximum absolute atomic E-state index is 16.4. The number of halogens is 2. The Bertz CT molecular complexity index is 1660. The molecule has 4 aromatic rings. The lowest BCUT2D eigenvalue weighted by Gasteiger charge is -2.34. The lowest BCUT2D eigenvalue weighted by atomic mass is 9.94. The van der Waals surface area contributed by atoms with Crippen LogP contribution < -0.4 is 10.2 Å². The molecule has 0 aliphatic carbocycles. The van der Waals surface area contributed by atoms with Crippen molar-refractivity contribution < 1.29 is 13.9 Å². The molecule has 178 valence electrons. The van der Waals surface area contributed by atoms with Gasteiger partial charge < -0.3 is 15.3 Å². The van der Waals surface area contributed by atoms with Gasteiger partial charge in [-0.2, -0.15) is 5.26 Å². The van der Waals surface area contributed by atoms with Gasteiger partial charge in [-0.25, -0.2) is 13.8 Å². The quantitative estimate of drug-likeness (QED) is 0.409. The predicted octanol–water partition coefficient (Wildman–Crippen LogP) is 4.54. The van der Waals surface area contributed by atoms with Crippen LogP contribution in [0, 0.1) is 42.2 Å². The van der Waals surface area contributed by atoms with E-state index in [0.29, 0.717) is 34.4 Å². The third kappa shape index (κ3) is 3.26. The summed E-state index contributed by atoms with van der Waals surface area (Å²) in [5, 5.41) is 25.1. The fourth-order valence-electron chi connectivity index (χ4n) is 5.65. The molecule has 2 N–H and O–H groups in total. The van der Waals surface area contributed by atoms with Crippen molar-refractivity contribution in [2.45, 2.75) is 31.8 Å². The van der Waals surface area contributed by atoms with E-state index in [1.807, 2.05) is 0 Å². The van der Waals surface area contributed by atoms with Gasteiger partial charge in [-0.3, -0.25) is 4.98 Å². The van der Waals surface area contributed by atoms with E-state index in [1.54, 1.807) is 6.92 Å². The van der Waals surface area contributed by atoms with Gasteiger partial charge in [0.05, 0.1) is 16.8 Å². The largest absolute Gasteiger partial charge is 0.508 e. The Morgan fingerprint density at radius 3 is 2.58 bits per heavy atom. The fourth-order valence-corrected chi connectivity index (χ4v) is 5.65. The summed E-state index contributed by atoms with van der Waals surface area (Å²) in [6.07, 6.45) is 9.25. The second-order valence-corrected chi connectivity index (χ2v) is 9.42. The Labute approximate surface area is 206 Å². The Morgan fingerprint density at radius 2 is 1.89 bits per heavy atom. The minimum atomic E-state index is -0.743. The number of aromatic hydroxyl groups is 1. The van der Waals surface area contributed by atoms with Gasteiger partial charge >= 0.3 is 0 Å². The van der Waals surface area contributed by atoms with Crippen molar-refractivity contribution >= 4 is 27.4 Å². The third-order valence-corrected chi connectivity index (χ3v) is 7.22. The van der Waals surface area contributed by atoms with Gasteiger partial charge in [0.1, 0.15) is 29.1 Å². The molecule has 8 heteroatoms. The van der Waals surface area contributed by atoms with E-state index in [-0.39, 0.29) is 38.9 Å². The number of nitriles is 1. The number of terminal acetylenes is 1. The highest BCUT2D eigenvalue weighted by Gasteiger charge is 2.34. The number of hydrogen-bond donors (Lipinski definition) is 2. The highest BCUT2D eigenvalue weighted by atomic mass is 19.1. The first-order chi connectivity index (χ1) is 17.4. The molecule has 2 saturated heterocycles. The highest BCUT2D eigenvalue weighted by Crippen LogP contribution is 2.40. The van der Waals surface area contributed by atoms with Gasteiger partial charge in [0.25, 0.3) is 0 Å². The van der Waals surface area contributed by atoms with Crippen LogP contribution >= 0.6 is 0 Å². The second-order valence-electron chi connectivity index (χ2n) is 9.42. The minimum absolute atomic E-state index is 0.0489. The molecule has 2 aromatic heterocycles. The number of aromatic nitrogens is 2. The first-order valence-corrected chi connectivity index (χ1v) is 11.7. The number of rotatable bonds is 2. The van der Waals surface area contributed by atoms with Crippen LogP contribution in [0.3, 0.4) is 0 Å². The summed E-state index contributed by atoms with van der Waals surface area (Å²) in [6, 6.07) is 8.20. The molecule has 2 fully saturated rings. The zero-order valence-electron chi connectivity index (χ0n) is 19.4. The summed E-state index contributed by atoms with van der Waals surface area (Å²) in [5.74, 6) is 1.42. The zero-order valence-corrected chi connectivity index (χ0v) is 19.4. The van der Waals surface area contributed by atoms with Gasteiger partial charge in [0, 0.05) is 53.1 Å². The smallest absolute Gasteiger partial charge is 0.158 e. The van der Waals surface area contributed by atoms with Gasteiger partial charge in [0.15, 0.2) is 5.82 Å². The van der Waals surface area contributed by atoms with Crippen LogP contribution in [0.25, 0.3) is 32.8 Å². The number of nitrogens with one attached hydrogen (secondary N) is 1. The molecule has 4 heterocycles. The van der Waals surface area contributed by atoms with E-state index in [0.717, 1.165) is 25.9 Å². The lowest BCUT2D eigenvalue weighted by Crippen LogP contribution is -2.51. The Hall–Kier alpha value is -4.27. The van der Waals surface area contributed by atoms with Crippen LogP contribution in [0.2, 0.25) is 0 Å². The zero-order chi connectivity index (χ0) is 25.1. The topological polar surface area (TPSA) is 85.1 Å². The third-order valence-electron chi connectivity index (χ3n) is 7.22. The molecule has 2 aliphatic rings. The van der Waals surface area contributed by atoms with Crippen molar-refractivity contribution in [3.63, 3.8) is 0 Å². The number of phenols is 1. The molecule has 36 heavy (non-hydrogen) atoms. The van der Waals surface area contributed by atoms with Crippen molar-refractivity contribution in [2.24, 2.45) is 0 Å². The van der Waals surface area contributed by atoms with Crippen molar-refractivity contribution in [1.82, 2.24) is 15.3 Å². The first-order valence-electron chi connectivity index (χ1n) is 11.7. The molecule has 0 spiro atoms. The van der Waals surface area contributed by atoms with Gasteiger partial charge in [-0.1, -0.05) is 12.0 Å². The number of anilines is 1. The standard InChI is InChI=1S/C28H21F2N5O/c1-3-19-23(29)7-4-15-8-18(36)9-20(24(15)19)27-26(30)25-21(10-31)14(2)33-28(22(25)11-32-27)35-12-16-5-6-17(13-35)34-16/h1,4,7-9,11,16-17,34,36H,5-6,12-13H2,2H3. The average molecular weight is 482 g/mol. The maximum Gasteiger partial charge on any atom is 0.158 e. The van der Waals surface area contributed by atoms with Crippen molar-refractivity contribution in [1.29, 1.82) is 5.26 Å². The Balaban J connectivity index is 1.65. The van der Waals surface area contributed by atoms with E-state index >= 15 is 4.39 Å². The molecule has 2 aliphatic heterocycles. The van der Waals surface area contributed by atoms with Crippen LogP contribution in [0.4, 0.5) is 14.6 Å². The summed E-state index contributed by atoms with van der Waals surface area (Å²) < 4.78 is 31.0. The number of aryl methyl sites for hydroxylation is 1. The molecule has 0 saturated carbocycles. The van der Waals surface area contributed by atoms with Crippen molar-refractivity contribution in [2.75, 3.05) is 18.0 Å². The average Bonchev–Trinajstić information content (AvgIpc) is 3.21. The summed E-state index contributed by atoms with van der Waals surface area (Å²) in [5.41, 5.74) is 0.502. The number of pyridine rings is 2. The SMILES string of the molecule is C#Cc1c(F)ccc2cc(O)cc(-c3ncc4c(N5CC6CCC(C5)N6)nc(C)c(C#N)c4c3F)c12. The molecule has 6 rings (SSSR count). The van der Waals surface area contributed by atoms with Crippen molar-refractivity contribution in [3.8, 4) is 35.4 Å². The Kier molecular flexibility index (Phi) is 5.03. The summed E-state index contributed by atoms with van der Waals surface area (Å²) in [4.78, 5) is 11.2. The summed E-state index contributed by atoms with van der Waals surface area (Å²) >= 11 is 0. The number of piperazine rings is 1. The molecule has 2 atom stereocenters. The van der Waals surface area contributed by atoms with E-state index in [2.05, 4.69) is 27.2 Å². The molecular formula is C28H21F2N5O. The number of benzene rings is 2. The summed E-state index contributed by atoms with van der Waals surface area (Å²) in [7, 11) is 0. The van der Waals surface area contributed by atoms with E-state index in [1.165, 1.54) is 30.5 Å². The second kappa shape index (κ2) is 8.15. The number of hydrogen-bond acceptors (Lipinski definition) is 6. The molecular weight excluding hydrogens is 460 g/mol. The van der Waals surface area contributed by atoms with E-state index < -0.39 is 11.6 Å². The van der Waals surface area contributed by atoms with Crippen LogP contribution in [-0.2, 0) is 0 Å². The van der Waals surface area contributed by atoms with Crippen molar-refractivity contribution in [3.05, 3.63) is 58.9 Å². The first kappa shape index (κ1) is 22.2. The highest BCUT2D eigenvalue weighted by molar-refractivity contribution is 6.04. The van der Waals surface area contributed by atoms with Gasteiger partial charge in [0.2, 0.25) is 0 Å². The van der Waals surface area contributed by atoms with Gasteiger partial charge in [-0.05, 0) is 43.4 Å². The Morgan fingerprint density at radius 1 is 1.14 bits per heavy atom. The van der Waals surface area contributed by atoms with E-state index in [9.17, 15) is 14.8 Å². The molecule has 2 bridgehead atoms. The number of phenolic OH excluding ortho intramolecular Hbond substituents is 1. The number of nitrogens with zero attached hydrogens (tertiary/aromatic N) is 4. The molecule has 2 aromatic carbocycles. The summed E-state index contributed by atoms with van der Waals surface area (Å²) in [6.45, 7) is 3.15. The molecule has 0 radical (unpaired) electrons. The van der Waals surface area contributed by atoms with Crippen LogP contribution in [0.15, 0.2) is 30.5 Å². The van der Waals surface area contributed by atoms with Crippen LogP contribution in [-0.4, -0.2) is 40.2 Å². The molecule has 0 amide bonds. The lowest BCUT2D eigenvalue weighted by molar-refractivity contribution is 0.464. The monoisotopic (exact) mass is 481 g/mol. The molecule has 6 nitrogen and oxygen atoms in total.